The first-order valence-corrected chi connectivity index (χ1v) is 39.8. The number of fused-ring (bicyclic) bond motifs is 9. The van der Waals surface area contributed by atoms with Crippen LogP contribution in [0.4, 0.5) is 0 Å². The molecular weight excluding hydrogens is 1170 g/mol. The second-order valence-corrected chi connectivity index (χ2v) is 35.8. The van der Waals surface area contributed by atoms with Gasteiger partial charge in [0.15, 0.2) is 0 Å². The molecule has 1 aliphatic heterocycles. The van der Waals surface area contributed by atoms with Gasteiger partial charge in [0.05, 0.1) is 33.2 Å². The molecule has 11 aromatic heterocycles. The third kappa shape index (κ3) is 11.0. The van der Waals surface area contributed by atoms with Gasteiger partial charge in [0, 0.05) is 81.0 Å². The lowest BCUT2D eigenvalue weighted by Gasteiger charge is -2.36. The van der Waals surface area contributed by atoms with E-state index >= 15 is 0 Å². The van der Waals surface area contributed by atoms with E-state index in [0.717, 1.165) is 56.4 Å². The minimum atomic E-state index is -2.40. The zero-order chi connectivity index (χ0) is 55.1. The quantitative estimate of drug-likeness (QED) is 0.0455. The van der Waals surface area contributed by atoms with E-state index in [-0.39, 0.29) is 0 Å². The fraction of sp³-hybridized carbons (Fsp3) is 0.500. The van der Waals surface area contributed by atoms with Gasteiger partial charge in [0.2, 0.25) is 0 Å². The third-order valence-corrected chi connectivity index (χ3v) is 33.3. The van der Waals surface area contributed by atoms with Crippen LogP contribution in [-0.4, -0.2) is 35.5 Å². The first-order chi connectivity index (χ1) is 39.2. The van der Waals surface area contributed by atoms with Gasteiger partial charge in [-0.05, 0) is 95.4 Å². The number of unbranched alkanes of at least 4 members (excludes halogenated alkanes) is 4. The lowest BCUT2D eigenvalue weighted by Crippen LogP contribution is -2.57. The van der Waals surface area contributed by atoms with E-state index < -0.39 is 8.07 Å². The molecule has 0 saturated carbocycles. The molecule has 4 unspecified atom stereocenters. The molecule has 12 heterocycles. The highest BCUT2D eigenvalue weighted by Crippen LogP contribution is 2.53. The molecule has 0 spiro atoms. The summed E-state index contributed by atoms with van der Waals surface area (Å²) in [7, 11) is -2.40. The summed E-state index contributed by atoms with van der Waals surface area (Å²) in [4.78, 5) is 21.8. The van der Waals surface area contributed by atoms with Crippen molar-refractivity contribution in [2.75, 3.05) is 0 Å². The molecule has 0 amide bonds. The van der Waals surface area contributed by atoms with Crippen LogP contribution in [0.2, 0.25) is 12.1 Å². The topological polar surface area (TPSA) is 77.3 Å². The average molecular weight is 1250 g/mol. The molecule has 0 aliphatic carbocycles. The van der Waals surface area contributed by atoms with E-state index in [9.17, 15) is 0 Å². The summed E-state index contributed by atoms with van der Waals surface area (Å²) < 4.78 is 28.6. The summed E-state index contributed by atoms with van der Waals surface area (Å²) in [6.07, 6.45) is 27.1. The lowest BCUT2D eigenvalue weighted by molar-refractivity contribution is 0.452. The molecule has 0 fully saturated rings. The number of pyridine rings is 2. The smallest absolute Gasteiger partial charge is 0.132 e. The number of nitrogens with zero attached hydrogens (tertiary/aromatic N) is 6. The van der Waals surface area contributed by atoms with Crippen molar-refractivity contribution >= 4 is 172 Å². The fourth-order valence-corrected chi connectivity index (χ4v) is 31.9. The third-order valence-electron chi connectivity index (χ3n) is 17.8. The summed E-state index contributed by atoms with van der Waals surface area (Å²) in [5.74, 6) is 2.92. The molecule has 0 bridgehead atoms. The van der Waals surface area contributed by atoms with Gasteiger partial charge in [-0.1, -0.05) is 158 Å². The van der Waals surface area contributed by atoms with Crippen LogP contribution in [0.5, 0.6) is 0 Å². The van der Waals surface area contributed by atoms with Crippen LogP contribution in [0.1, 0.15) is 168 Å². The zero-order valence-corrected chi connectivity index (χ0v) is 56.3. The predicted octanol–water partition coefficient (Wildman–Crippen LogP) is 22.5. The van der Waals surface area contributed by atoms with Crippen molar-refractivity contribution in [2.45, 2.75) is 183 Å². The highest BCUT2D eigenvalue weighted by atomic mass is 32.1. The van der Waals surface area contributed by atoms with Crippen molar-refractivity contribution in [2.24, 2.45) is 23.7 Å². The van der Waals surface area contributed by atoms with Crippen LogP contribution in [0.15, 0.2) is 48.8 Å². The molecule has 12 rings (SSSR count). The van der Waals surface area contributed by atoms with E-state index in [1.54, 1.807) is 15.3 Å². The van der Waals surface area contributed by atoms with E-state index in [1.807, 2.05) is 68.0 Å². The van der Waals surface area contributed by atoms with Crippen molar-refractivity contribution in [1.29, 1.82) is 0 Å². The Balaban J connectivity index is 0.924. The van der Waals surface area contributed by atoms with Crippen molar-refractivity contribution in [1.82, 2.24) is 27.5 Å². The monoisotopic (exact) mass is 1240 g/mol. The Morgan fingerprint density at radius 3 is 1.31 bits per heavy atom. The molecule has 80 heavy (non-hydrogen) atoms. The Bertz CT molecular complexity index is 3810. The van der Waals surface area contributed by atoms with E-state index in [0.29, 0.717) is 11.8 Å². The van der Waals surface area contributed by atoms with Gasteiger partial charge < -0.3 is 0 Å². The summed E-state index contributed by atoms with van der Waals surface area (Å²) in [5.41, 5.74) is 8.07. The van der Waals surface area contributed by atoms with Crippen LogP contribution >= 0.6 is 103 Å². The average Bonchev–Trinajstić information content (AvgIpc) is 4.51. The Labute approximate surface area is 511 Å². The van der Waals surface area contributed by atoms with Gasteiger partial charge in [-0.25, -0.2) is 0 Å². The first-order valence-electron chi connectivity index (χ1n) is 30.2. The maximum atomic E-state index is 5.41. The van der Waals surface area contributed by atoms with Crippen LogP contribution in [0.3, 0.4) is 0 Å². The molecule has 4 atom stereocenters. The molecule has 420 valence electrons. The zero-order valence-electron chi connectivity index (χ0n) is 47.9. The van der Waals surface area contributed by atoms with E-state index in [1.165, 1.54) is 213 Å². The Hall–Kier alpha value is -3.16. The molecule has 0 aromatic carbocycles. The Kier molecular flexibility index (Phi) is 18.0. The number of hydrogen-bond acceptors (Lipinski definition) is 15. The van der Waals surface area contributed by atoms with Gasteiger partial charge >= 0.3 is 0 Å². The number of rotatable bonds is 28. The maximum absolute atomic E-state index is 5.41. The molecule has 0 radical (unpaired) electrons. The molecule has 0 N–H and O–H groups in total. The summed E-state index contributed by atoms with van der Waals surface area (Å²) in [5, 5.41) is 3.41. The molecule has 1 aliphatic rings. The van der Waals surface area contributed by atoms with Gasteiger partial charge in [0.25, 0.3) is 0 Å². The van der Waals surface area contributed by atoms with Gasteiger partial charge in [-0.2, -0.15) is 17.5 Å². The van der Waals surface area contributed by atoms with Crippen molar-refractivity contribution < 1.29 is 0 Å². The molecule has 16 heteroatoms. The van der Waals surface area contributed by atoms with Gasteiger partial charge in [0.1, 0.15) is 41.5 Å². The Morgan fingerprint density at radius 2 is 0.850 bits per heavy atom. The number of thiophene rings is 7. The summed E-state index contributed by atoms with van der Waals surface area (Å²) >= 11 is 16.5. The van der Waals surface area contributed by atoms with Crippen molar-refractivity contribution in [3.05, 3.63) is 58.5 Å². The van der Waals surface area contributed by atoms with Gasteiger partial charge in [-0.15, -0.1) is 79.4 Å². The van der Waals surface area contributed by atoms with Crippen LogP contribution in [0.25, 0.3) is 102 Å². The normalized spacial score (nSPS) is 16.1. The maximum Gasteiger partial charge on any atom is 0.132 e. The number of aromatic nitrogens is 6. The standard InChI is InChI=1S/C64H76N6S9Si/c1-9-17-21-37(13-5)25-41-27-47-49(71-41)29-45(73-47)43-33-65-57(59-55(43)67-78-69-59)51-31-53-61(75-51)64-63(77-53)62-54(80(64,35-39(15-7)23-19-11-3)36-40(16-8)24-20-12-4)32-52(76-62)58-60-56(68-79-70-60)44(34-66-58)46-30-50-48(74-46)28-42(72-50)26-38(14-6)22-18-10-2/h27-34,37-40H,9-26,35-36H2,1-8H3. The van der Waals surface area contributed by atoms with Crippen LogP contribution in [0, 0.1) is 23.7 Å². The van der Waals surface area contributed by atoms with Crippen molar-refractivity contribution in [3.63, 3.8) is 0 Å². The highest BCUT2D eigenvalue weighted by molar-refractivity contribution is 7.39. The van der Waals surface area contributed by atoms with Crippen molar-refractivity contribution in [3.8, 4) is 51.8 Å². The largest absolute Gasteiger partial charge is 0.252 e. The second-order valence-electron chi connectivity index (χ2n) is 23.1. The van der Waals surface area contributed by atoms with Crippen LogP contribution in [-0.2, 0) is 12.8 Å². The molecular formula is C64H76N6S9Si. The highest BCUT2D eigenvalue weighted by Gasteiger charge is 2.51. The van der Waals surface area contributed by atoms with E-state index in [2.05, 4.69) is 116 Å². The molecule has 11 aromatic rings. The molecule has 0 saturated heterocycles. The number of hydrogen-bond donors (Lipinski definition) is 0. The van der Waals surface area contributed by atoms with E-state index in [4.69, 9.17) is 27.5 Å². The van der Waals surface area contributed by atoms with Crippen LogP contribution < -0.4 is 10.4 Å². The van der Waals surface area contributed by atoms with Gasteiger partial charge in [-0.3, -0.25) is 9.97 Å². The first kappa shape index (κ1) is 57.3. The minimum absolute atomic E-state index is 0.687. The Morgan fingerprint density at radius 1 is 0.412 bits per heavy atom. The summed E-state index contributed by atoms with van der Waals surface area (Å²) in [6, 6.07) is 17.5. The minimum Gasteiger partial charge on any atom is -0.252 e. The second kappa shape index (κ2) is 25.2. The summed E-state index contributed by atoms with van der Waals surface area (Å²) in [6.45, 7) is 19.0. The predicted molar refractivity (Wildman–Crippen MR) is 364 cm³/mol. The lowest BCUT2D eigenvalue weighted by atomic mass is 9.95. The SMILES string of the molecule is CCCCC(CC)Cc1cc2sc(-c3cnc(-c4cc5c(s4)-c4sc6cc(-c7ncc(-c8cc9sc(CC(CC)CCCC)cc9s8)c8nsnc78)sc6c4[Si]5(CC(CC)CCCC)CC(CC)CCCC)c4nsnc34)cc2s1. The fourth-order valence-electron chi connectivity index (χ4n) is 13.1. The molecule has 6 nitrogen and oxygen atoms in total.